The maximum absolute atomic E-state index is 11.8. The van der Waals surface area contributed by atoms with Gasteiger partial charge in [0.05, 0.1) is 23.2 Å². The molecule has 4 heterocycles. The molecule has 0 unspecified atom stereocenters. The molecular weight excluding hydrogens is 308 g/mol. The molecule has 0 amide bonds. The molecule has 0 atom stereocenters. The summed E-state index contributed by atoms with van der Waals surface area (Å²) in [5, 5.41) is 9.55. The van der Waals surface area contributed by atoms with Crippen molar-refractivity contribution in [1.29, 1.82) is 0 Å². The minimum Gasteiger partial charge on any atom is -0.472 e. The fraction of sp³-hybridized carbons (Fsp3) is 0.0769. The highest BCUT2D eigenvalue weighted by molar-refractivity contribution is 7.13. The summed E-state index contributed by atoms with van der Waals surface area (Å²) in [5.74, 6) is 0.540. The van der Waals surface area contributed by atoms with Crippen molar-refractivity contribution < 1.29 is 13.5 Å². The van der Waals surface area contributed by atoms with Crippen molar-refractivity contribution in [3.63, 3.8) is 0 Å². The average molecular weight is 316 g/mol. The summed E-state index contributed by atoms with van der Waals surface area (Å²) in [6, 6.07) is 5.43. The zero-order valence-electron chi connectivity index (χ0n) is 11.0. The Balaban J connectivity index is 1.67. The van der Waals surface area contributed by atoms with Crippen LogP contribution in [0, 0.1) is 0 Å². The Hall–Kier alpha value is -2.94. The number of thiophene rings is 1. The molecule has 0 radical (unpaired) electrons. The van der Waals surface area contributed by atoms with Gasteiger partial charge in [-0.25, -0.2) is 9.36 Å². The van der Waals surface area contributed by atoms with Crippen LogP contribution in [0.5, 0.6) is 0 Å². The Kier molecular flexibility index (Phi) is 2.97. The Morgan fingerprint density at radius 1 is 1.23 bits per heavy atom. The molecule has 0 aromatic carbocycles. The smallest absolute Gasteiger partial charge is 0.442 e. The highest BCUT2D eigenvalue weighted by Crippen LogP contribution is 2.22. The molecule has 0 aliphatic carbocycles. The van der Waals surface area contributed by atoms with Crippen LogP contribution in [0.2, 0.25) is 0 Å². The quantitative estimate of drug-likeness (QED) is 0.569. The van der Waals surface area contributed by atoms with Gasteiger partial charge in [-0.1, -0.05) is 16.4 Å². The fourth-order valence-corrected chi connectivity index (χ4v) is 2.67. The molecule has 4 aromatic rings. The number of aromatic nitrogens is 4. The van der Waals surface area contributed by atoms with Crippen LogP contribution >= 0.6 is 11.3 Å². The van der Waals surface area contributed by atoms with Crippen LogP contribution in [-0.2, 0) is 6.54 Å². The summed E-state index contributed by atoms with van der Waals surface area (Å²) in [4.78, 5) is 16.9. The predicted octanol–water partition coefficient (Wildman–Crippen LogP) is 2.26. The van der Waals surface area contributed by atoms with E-state index in [9.17, 15) is 4.79 Å². The minimum atomic E-state index is -0.571. The first-order chi connectivity index (χ1) is 10.8. The van der Waals surface area contributed by atoms with Crippen molar-refractivity contribution in [2.24, 2.45) is 0 Å². The van der Waals surface area contributed by atoms with Gasteiger partial charge in [0.15, 0.2) is 11.6 Å². The SMILES string of the molecule is O=c1onc(-c2cccs2)n1Cc1noc(-c2ccoc2)n1. The molecule has 4 aromatic heterocycles. The molecule has 0 N–H and O–H groups in total. The van der Waals surface area contributed by atoms with E-state index in [1.54, 1.807) is 6.07 Å². The molecule has 0 aliphatic heterocycles. The molecule has 110 valence electrons. The van der Waals surface area contributed by atoms with E-state index in [1.807, 2.05) is 17.5 Å². The average Bonchev–Trinajstić information content (AvgIpc) is 3.27. The van der Waals surface area contributed by atoms with Crippen molar-refractivity contribution in [3.05, 3.63) is 52.5 Å². The lowest BCUT2D eigenvalue weighted by Gasteiger charge is -1.98. The largest absolute Gasteiger partial charge is 0.472 e. The standard InChI is InChI=1S/C13H8N4O4S/c18-13-17(11(16-21-13)9-2-1-5-22-9)6-10-14-12(20-15-10)8-3-4-19-7-8/h1-5,7H,6H2. The number of furan rings is 1. The minimum absolute atomic E-state index is 0.108. The number of nitrogens with zero attached hydrogens (tertiary/aromatic N) is 4. The summed E-state index contributed by atoms with van der Waals surface area (Å²) in [6.45, 7) is 0.108. The molecule has 4 rings (SSSR count). The van der Waals surface area contributed by atoms with Crippen molar-refractivity contribution in [2.75, 3.05) is 0 Å². The van der Waals surface area contributed by atoms with Crippen LogP contribution in [0.25, 0.3) is 22.2 Å². The zero-order chi connectivity index (χ0) is 14.9. The Labute approximate surface area is 126 Å². The second kappa shape index (κ2) is 5.11. The Morgan fingerprint density at radius 2 is 2.18 bits per heavy atom. The molecule has 0 spiro atoms. The van der Waals surface area contributed by atoms with Crippen LogP contribution < -0.4 is 5.76 Å². The molecule has 0 fully saturated rings. The fourth-order valence-electron chi connectivity index (χ4n) is 1.95. The van der Waals surface area contributed by atoms with Gasteiger partial charge in [0.1, 0.15) is 6.26 Å². The van der Waals surface area contributed by atoms with Crippen LogP contribution in [0.15, 0.2) is 54.4 Å². The molecule has 0 saturated carbocycles. The normalized spacial score (nSPS) is 11.1. The lowest BCUT2D eigenvalue weighted by molar-refractivity contribution is 0.376. The molecule has 22 heavy (non-hydrogen) atoms. The van der Waals surface area contributed by atoms with Gasteiger partial charge in [-0.15, -0.1) is 11.3 Å². The number of hydrogen-bond acceptors (Lipinski definition) is 8. The first kappa shape index (κ1) is 12.8. The van der Waals surface area contributed by atoms with Gasteiger partial charge in [-0.3, -0.25) is 4.52 Å². The lowest BCUT2D eigenvalue weighted by atomic mass is 10.3. The molecule has 0 saturated heterocycles. The maximum atomic E-state index is 11.8. The van der Waals surface area contributed by atoms with Crippen molar-refractivity contribution in [1.82, 2.24) is 19.9 Å². The van der Waals surface area contributed by atoms with E-state index in [0.29, 0.717) is 23.1 Å². The van der Waals surface area contributed by atoms with E-state index in [1.165, 1.54) is 28.4 Å². The molecule has 0 bridgehead atoms. The molecule has 0 aliphatic rings. The zero-order valence-corrected chi connectivity index (χ0v) is 11.8. The summed E-state index contributed by atoms with van der Waals surface area (Å²) in [6.07, 6.45) is 3.01. The van der Waals surface area contributed by atoms with Crippen LogP contribution in [0.4, 0.5) is 0 Å². The Bertz CT molecular complexity index is 933. The number of hydrogen-bond donors (Lipinski definition) is 0. The van der Waals surface area contributed by atoms with Crippen LogP contribution in [-0.4, -0.2) is 19.9 Å². The second-order valence-corrected chi connectivity index (χ2v) is 5.31. The van der Waals surface area contributed by atoms with Gasteiger partial charge in [0.2, 0.25) is 0 Å². The summed E-state index contributed by atoms with van der Waals surface area (Å²) in [7, 11) is 0. The topological polar surface area (TPSA) is 100 Å². The van der Waals surface area contributed by atoms with Crippen molar-refractivity contribution in [2.45, 2.75) is 6.54 Å². The lowest BCUT2D eigenvalue weighted by Crippen LogP contribution is -2.16. The van der Waals surface area contributed by atoms with E-state index in [4.69, 9.17) is 13.5 Å². The van der Waals surface area contributed by atoms with Crippen LogP contribution in [0.1, 0.15) is 5.82 Å². The van der Waals surface area contributed by atoms with E-state index in [0.717, 1.165) is 4.88 Å². The maximum Gasteiger partial charge on any atom is 0.442 e. The molecule has 9 heteroatoms. The van der Waals surface area contributed by atoms with Gasteiger partial charge in [0, 0.05) is 0 Å². The van der Waals surface area contributed by atoms with E-state index >= 15 is 0 Å². The molecule has 8 nitrogen and oxygen atoms in total. The third-order valence-corrected chi connectivity index (χ3v) is 3.83. The summed E-state index contributed by atoms with van der Waals surface area (Å²) >= 11 is 1.46. The monoisotopic (exact) mass is 316 g/mol. The Morgan fingerprint density at radius 3 is 2.95 bits per heavy atom. The van der Waals surface area contributed by atoms with Crippen LogP contribution in [0.3, 0.4) is 0 Å². The van der Waals surface area contributed by atoms with Gasteiger partial charge < -0.3 is 8.94 Å². The van der Waals surface area contributed by atoms with Crippen molar-refractivity contribution >= 4 is 11.3 Å². The van der Waals surface area contributed by atoms with Gasteiger partial charge in [0.25, 0.3) is 5.89 Å². The van der Waals surface area contributed by atoms with Gasteiger partial charge in [-0.2, -0.15) is 4.98 Å². The van der Waals surface area contributed by atoms with E-state index in [-0.39, 0.29) is 6.54 Å². The summed E-state index contributed by atoms with van der Waals surface area (Å²) in [5.41, 5.74) is 0.676. The summed E-state index contributed by atoms with van der Waals surface area (Å²) < 4.78 is 16.2. The van der Waals surface area contributed by atoms with Gasteiger partial charge >= 0.3 is 5.76 Å². The highest BCUT2D eigenvalue weighted by atomic mass is 32.1. The third-order valence-electron chi connectivity index (χ3n) is 2.96. The highest BCUT2D eigenvalue weighted by Gasteiger charge is 2.17. The van der Waals surface area contributed by atoms with E-state index < -0.39 is 5.76 Å². The first-order valence-electron chi connectivity index (χ1n) is 6.27. The molecular formula is C13H8N4O4S. The van der Waals surface area contributed by atoms with Gasteiger partial charge in [-0.05, 0) is 17.5 Å². The van der Waals surface area contributed by atoms with E-state index in [2.05, 4.69) is 15.3 Å². The van der Waals surface area contributed by atoms with Crippen molar-refractivity contribution in [3.8, 4) is 22.2 Å². The third kappa shape index (κ3) is 2.17. The second-order valence-electron chi connectivity index (χ2n) is 4.36. The number of rotatable bonds is 4. The first-order valence-corrected chi connectivity index (χ1v) is 7.15. The predicted molar refractivity (Wildman–Crippen MR) is 75.2 cm³/mol.